The Kier molecular flexibility index (Phi) is 3.25. The minimum absolute atomic E-state index is 0.0835. The predicted octanol–water partition coefficient (Wildman–Crippen LogP) is 1.49. The lowest BCUT2D eigenvalue weighted by molar-refractivity contribution is -0.112. The highest BCUT2D eigenvalue weighted by atomic mass is 16.5. The van der Waals surface area contributed by atoms with E-state index in [9.17, 15) is 9.90 Å². The third-order valence-corrected chi connectivity index (χ3v) is 2.17. The average Bonchev–Trinajstić information content (AvgIpc) is 2.18. The summed E-state index contributed by atoms with van der Waals surface area (Å²) in [6.07, 6.45) is 0.791. The Labute approximate surface area is 83.3 Å². The number of benzene rings is 1. The zero-order chi connectivity index (χ0) is 10.6. The molecule has 0 saturated heterocycles. The number of aliphatic hydroxyl groups is 1. The molecule has 0 aliphatic rings. The normalized spacial score (nSPS) is 14.5. The van der Waals surface area contributed by atoms with Crippen molar-refractivity contribution in [3.63, 3.8) is 0 Å². The maximum Gasteiger partial charge on any atom is 0.123 e. The molecule has 76 valence electrons. The van der Waals surface area contributed by atoms with Crippen molar-refractivity contribution >= 4 is 6.29 Å². The van der Waals surface area contributed by atoms with Crippen LogP contribution in [0.5, 0.6) is 5.75 Å². The molecule has 0 amide bonds. The summed E-state index contributed by atoms with van der Waals surface area (Å²) < 4.78 is 5.03. The van der Waals surface area contributed by atoms with Crippen LogP contribution in [-0.4, -0.2) is 18.5 Å². The quantitative estimate of drug-likeness (QED) is 0.739. The van der Waals surface area contributed by atoms with Gasteiger partial charge in [-0.25, -0.2) is 0 Å². The molecule has 0 radical (unpaired) electrons. The molecule has 1 rings (SSSR count). The van der Waals surface area contributed by atoms with Gasteiger partial charge in [0.2, 0.25) is 0 Å². The Bertz CT molecular complexity index is 318. The molecule has 0 aromatic heterocycles. The van der Waals surface area contributed by atoms with E-state index in [1.165, 1.54) is 0 Å². The van der Waals surface area contributed by atoms with Crippen LogP contribution in [0.25, 0.3) is 0 Å². The van der Waals surface area contributed by atoms with Crippen LogP contribution in [0.3, 0.4) is 0 Å². The molecule has 1 aromatic carbocycles. The van der Waals surface area contributed by atoms with Gasteiger partial charge in [-0.3, -0.25) is 0 Å². The monoisotopic (exact) mass is 194 g/mol. The first-order valence-electron chi connectivity index (χ1n) is 4.40. The molecular weight excluding hydrogens is 180 g/mol. The van der Waals surface area contributed by atoms with E-state index in [0.29, 0.717) is 17.6 Å². The molecule has 0 heterocycles. The second kappa shape index (κ2) is 4.24. The lowest BCUT2D eigenvalue weighted by atomic mass is 9.93. The molecule has 3 heteroatoms. The van der Waals surface area contributed by atoms with Gasteiger partial charge in [-0.15, -0.1) is 0 Å². The standard InChI is InChI=1S/C11H14O3/c1-11(13,6-7-12)9-4-3-5-10(8-9)14-2/h3-5,7-8,13H,6H2,1-2H3. The first-order chi connectivity index (χ1) is 6.60. The van der Waals surface area contributed by atoms with E-state index < -0.39 is 5.60 Å². The molecule has 0 aliphatic carbocycles. The predicted molar refractivity (Wildman–Crippen MR) is 53.2 cm³/mol. The highest BCUT2D eigenvalue weighted by molar-refractivity contribution is 5.52. The van der Waals surface area contributed by atoms with Crippen LogP contribution >= 0.6 is 0 Å². The van der Waals surface area contributed by atoms with Crippen molar-refractivity contribution in [2.75, 3.05) is 7.11 Å². The van der Waals surface area contributed by atoms with Crippen LogP contribution in [0.1, 0.15) is 18.9 Å². The van der Waals surface area contributed by atoms with Crippen molar-refractivity contribution in [2.24, 2.45) is 0 Å². The van der Waals surface area contributed by atoms with E-state index in [1.54, 1.807) is 38.3 Å². The van der Waals surface area contributed by atoms with Gasteiger partial charge in [0.25, 0.3) is 0 Å². The van der Waals surface area contributed by atoms with Gasteiger partial charge in [-0.1, -0.05) is 12.1 Å². The Morgan fingerprint density at radius 3 is 2.86 bits per heavy atom. The second-order valence-electron chi connectivity index (χ2n) is 3.38. The summed E-state index contributed by atoms with van der Waals surface area (Å²) in [5, 5.41) is 9.92. The fraction of sp³-hybridized carbons (Fsp3) is 0.364. The van der Waals surface area contributed by atoms with Gasteiger partial charge in [0.1, 0.15) is 12.0 Å². The summed E-state index contributed by atoms with van der Waals surface area (Å²) >= 11 is 0. The molecule has 0 bridgehead atoms. The van der Waals surface area contributed by atoms with Gasteiger partial charge >= 0.3 is 0 Å². The summed E-state index contributed by atoms with van der Waals surface area (Å²) in [6, 6.07) is 7.07. The number of hydrogen-bond acceptors (Lipinski definition) is 3. The lowest BCUT2D eigenvalue weighted by Crippen LogP contribution is -2.21. The number of ether oxygens (including phenoxy) is 1. The molecule has 1 unspecified atom stereocenters. The van der Waals surface area contributed by atoms with Crippen molar-refractivity contribution in [1.82, 2.24) is 0 Å². The number of carbonyl (C=O) groups excluding carboxylic acids is 1. The topological polar surface area (TPSA) is 46.5 Å². The van der Waals surface area contributed by atoms with Crippen molar-refractivity contribution in [2.45, 2.75) is 18.9 Å². The minimum Gasteiger partial charge on any atom is -0.497 e. The lowest BCUT2D eigenvalue weighted by Gasteiger charge is -2.21. The Morgan fingerprint density at radius 1 is 1.57 bits per heavy atom. The molecular formula is C11H14O3. The van der Waals surface area contributed by atoms with E-state index in [0.717, 1.165) is 0 Å². The van der Waals surface area contributed by atoms with E-state index in [1.807, 2.05) is 0 Å². The minimum atomic E-state index is -1.11. The zero-order valence-corrected chi connectivity index (χ0v) is 8.36. The summed E-state index contributed by atoms with van der Waals surface area (Å²) in [4.78, 5) is 10.4. The van der Waals surface area contributed by atoms with Crippen molar-refractivity contribution < 1.29 is 14.6 Å². The van der Waals surface area contributed by atoms with Crippen LogP contribution in [0.2, 0.25) is 0 Å². The smallest absolute Gasteiger partial charge is 0.123 e. The van der Waals surface area contributed by atoms with Crippen LogP contribution in [-0.2, 0) is 10.4 Å². The molecule has 0 spiro atoms. The summed E-state index contributed by atoms with van der Waals surface area (Å²) in [6.45, 7) is 1.61. The third kappa shape index (κ3) is 2.33. The fourth-order valence-electron chi connectivity index (χ4n) is 1.24. The van der Waals surface area contributed by atoms with E-state index >= 15 is 0 Å². The van der Waals surface area contributed by atoms with Crippen LogP contribution in [0.15, 0.2) is 24.3 Å². The van der Waals surface area contributed by atoms with Gasteiger partial charge in [0.15, 0.2) is 0 Å². The highest BCUT2D eigenvalue weighted by Crippen LogP contribution is 2.26. The second-order valence-corrected chi connectivity index (χ2v) is 3.38. The Morgan fingerprint density at radius 2 is 2.29 bits per heavy atom. The highest BCUT2D eigenvalue weighted by Gasteiger charge is 2.22. The molecule has 0 fully saturated rings. The number of aldehydes is 1. The summed E-state index contributed by atoms with van der Waals surface area (Å²) in [5.41, 5.74) is -0.431. The number of methoxy groups -OCH3 is 1. The molecule has 0 saturated carbocycles. The first-order valence-corrected chi connectivity index (χ1v) is 4.40. The first kappa shape index (κ1) is 10.7. The average molecular weight is 194 g/mol. The Balaban J connectivity index is 2.99. The van der Waals surface area contributed by atoms with Crippen molar-refractivity contribution in [3.8, 4) is 5.75 Å². The molecule has 1 atom stereocenters. The fourth-order valence-corrected chi connectivity index (χ4v) is 1.24. The van der Waals surface area contributed by atoms with Crippen LogP contribution < -0.4 is 4.74 Å². The van der Waals surface area contributed by atoms with E-state index in [4.69, 9.17) is 4.74 Å². The summed E-state index contributed by atoms with van der Waals surface area (Å²) in [7, 11) is 1.56. The van der Waals surface area contributed by atoms with Gasteiger partial charge in [-0.2, -0.15) is 0 Å². The van der Waals surface area contributed by atoms with E-state index in [2.05, 4.69) is 0 Å². The number of hydrogen-bond donors (Lipinski definition) is 1. The van der Waals surface area contributed by atoms with Gasteiger partial charge in [-0.05, 0) is 24.6 Å². The zero-order valence-electron chi connectivity index (χ0n) is 8.36. The van der Waals surface area contributed by atoms with Crippen LogP contribution in [0, 0.1) is 0 Å². The molecule has 1 N–H and O–H groups in total. The SMILES string of the molecule is COc1cccc(C(C)(O)CC=O)c1. The molecule has 0 aliphatic heterocycles. The molecule has 14 heavy (non-hydrogen) atoms. The molecule has 3 nitrogen and oxygen atoms in total. The third-order valence-electron chi connectivity index (χ3n) is 2.17. The van der Waals surface area contributed by atoms with Gasteiger partial charge < -0.3 is 14.6 Å². The van der Waals surface area contributed by atoms with Crippen molar-refractivity contribution in [3.05, 3.63) is 29.8 Å². The Hall–Kier alpha value is -1.35. The van der Waals surface area contributed by atoms with E-state index in [-0.39, 0.29) is 6.42 Å². The number of rotatable bonds is 4. The van der Waals surface area contributed by atoms with Crippen LogP contribution in [0.4, 0.5) is 0 Å². The largest absolute Gasteiger partial charge is 0.497 e. The molecule has 1 aromatic rings. The van der Waals surface area contributed by atoms with Gasteiger partial charge in [0, 0.05) is 6.42 Å². The van der Waals surface area contributed by atoms with Gasteiger partial charge in [0.05, 0.1) is 12.7 Å². The number of carbonyl (C=O) groups is 1. The maximum atomic E-state index is 10.4. The summed E-state index contributed by atoms with van der Waals surface area (Å²) in [5.74, 6) is 0.675. The maximum absolute atomic E-state index is 10.4. The van der Waals surface area contributed by atoms with Crippen molar-refractivity contribution in [1.29, 1.82) is 0 Å².